The van der Waals surface area contributed by atoms with Crippen LogP contribution in [0.1, 0.15) is 25.3 Å². The molecule has 0 aliphatic carbocycles. The molecule has 1 atom stereocenters. The lowest BCUT2D eigenvalue weighted by molar-refractivity contribution is -0.139. The first-order valence-corrected chi connectivity index (χ1v) is 10.4. The summed E-state index contributed by atoms with van der Waals surface area (Å²) in [6.45, 7) is 1.58. The normalized spacial score (nSPS) is 18.0. The van der Waals surface area contributed by atoms with Crippen LogP contribution in [0.15, 0.2) is 29.2 Å². The number of likely N-dealkylation sites (tertiary alicyclic amines) is 1. The SMILES string of the molecule is C[C@H](NS(=O)(=O)c1ccccc1C(F)(F)F)C(=O)NC1CCN(CC(F)F)CC1. The quantitative estimate of drug-likeness (QED) is 0.634. The van der Waals surface area contributed by atoms with Crippen molar-refractivity contribution in [1.82, 2.24) is 14.9 Å². The third kappa shape index (κ3) is 6.61. The van der Waals surface area contributed by atoms with Crippen LogP contribution < -0.4 is 10.0 Å². The molecule has 0 aromatic heterocycles. The Balaban J connectivity index is 1.98. The van der Waals surface area contributed by atoms with E-state index in [1.165, 1.54) is 6.92 Å². The summed E-state index contributed by atoms with van der Waals surface area (Å²) >= 11 is 0. The third-order valence-electron chi connectivity index (χ3n) is 4.54. The highest BCUT2D eigenvalue weighted by Crippen LogP contribution is 2.33. The number of nitrogens with one attached hydrogen (secondary N) is 2. The first-order chi connectivity index (χ1) is 13.4. The van der Waals surface area contributed by atoms with E-state index in [0.29, 0.717) is 32.0 Å². The van der Waals surface area contributed by atoms with Gasteiger partial charge in [0.05, 0.1) is 23.0 Å². The van der Waals surface area contributed by atoms with Crippen LogP contribution in [0.4, 0.5) is 22.0 Å². The van der Waals surface area contributed by atoms with Gasteiger partial charge in [0.2, 0.25) is 15.9 Å². The van der Waals surface area contributed by atoms with Gasteiger partial charge in [-0.3, -0.25) is 9.69 Å². The lowest BCUT2D eigenvalue weighted by Crippen LogP contribution is -2.51. The van der Waals surface area contributed by atoms with Gasteiger partial charge >= 0.3 is 6.18 Å². The molecular weight excluding hydrogens is 421 g/mol. The maximum absolute atomic E-state index is 13.1. The Hall–Kier alpha value is -1.79. The number of carbonyl (C=O) groups is 1. The molecule has 1 fully saturated rings. The van der Waals surface area contributed by atoms with Crippen LogP contribution in [0.25, 0.3) is 0 Å². The molecule has 0 unspecified atom stereocenters. The van der Waals surface area contributed by atoms with Crippen molar-refractivity contribution >= 4 is 15.9 Å². The molecule has 0 spiro atoms. The largest absolute Gasteiger partial charge is 0.417 e. The predicted molar refractivity (Wildman–Crippen MR) is 94.8 cm³/mol. The highest BCUT2D eigenvalue weighted by molar-refractivity contribution is 7.89. The summed E-state index contributed by atoms with van der Waals surface area (Å²) in [6, 6.07) is 2.03. The minimum absolute atomic E-state index is 0.328. The fourth-order valence-electron chi connectivity index (χ4n) is 3.07. The Bertz CT molecular complexity index is 809. The molecule has 0 bridgehead atoms. The fourth-order valence-corrected chi connectivity index (χ4v) is 4.50. The molecule has 2 rings (SSSR count). The zero-order chi connectivity index (χ0) is 21.8. The number of carbonyl (C=O) groups excluding carboxylic acids is 1. The first-order valence-electron chi connectivity index (χ1n) is 8.89. The number of piperidine rings is 1. The predicted octanol–water partition coefficient (Wildman–Crippen LogP) is 2.22. The second-order valence-electron chi connectivity index (χ2n) is 6.81. The van der Waals surface area contributed by atoms with Crippen LogP contribution in [0.2, 0.25) is 0 Å². The monoisotopic (exact) mass is 443 g/mol. The summed E-state index contributed by atoms with van der Waals surface area (Å²) in [4.78, 5) is 12.9. The van der Waals surface area contributed by atoms with E-state index in [1.807, 2.05) is 4.72 Å². The number of sulfonamides is 1. The van der Waals surface area contributed by atoms with Gasteiger partial charge in [-0.2, -0.15) is 17.9 Å². The highest BCUT2D eigenvalue weighted by atomic mass is 32.2. The first kappa shape index (κ1) is 23.5. The topological polar surface area (TPSA) is 78.5 Å². The molecule has 164 valence electrons. The standard InChI is InChI=1S/C17H22F5N3O3S/c1-11(16(26)23-12-6-8-25(9-7-12)10-15(18)19)24-29(27,28)14-5-3-2-4-13(14)17(20,21)22/h2-5,11-12,15,24H,6-10H2,1H3,(H,23,26)/t11-/m0/s1. The van der Waals surface area contributed by atoms with E-state index in [0.717, 1.165) is 18.2 Å². The lowest BCUT2D eigenvalue weighted by atomic mass is 10.0. The molecule has 6 nitrogen and oxygen atoms in total. The third-order valence-corrected chi connectivity index (χ3v) is 6.14. The molecule has 1 aliphatic rings. The molecule has 2 N–H and O–H groups in total. The molecular formula is C17H22F5N3O3S. The van der Waals surface area contributed by atoms with Gasteiger partial charge in [0.15, 0.2) is 0 Å². The summed E-state index contributed by atoms with van der Waals surface area (Å²) < 4.78 is 90.7. The van der Waals surface area contributed by atoms with Gasteiger partial charge in [-0.25, -0.2) is 17.2 Å². The van der Waals surface area contributed by atoms with E-state index < -0.39 is 45.0 Å². The van der Waals surface area contributed by atoms with Gasteiger partial charge < -0.3 is 5.32 Å². The Kier molecular flexibility index (Phi) is 7.57. The maximum atomic E-state index is 13.1. The van der Waals surface area contributed by atoms with Gasteiger partial charge in [0.25, 0.3) is 6.43 Å². The van der Waals surface area contributed by atoms with E-state index in [1.54, 1.807) is 4.90 Å². The zero-order valence-corrected chi connectivity index (χ0v) is 16.4. The Morgan fingerprint density at radius 2 is 1.79 bits per heavy atom. The van der Waals surface area contributed by atoms with E-state index in [-0.39, 0.29) is 12.6 Å². The molecule has 1 aromatic rings. The Labute approximate surface area is 165 Å². The van der Waals surface area contributed by atoms with E-state index in [9.17, 15) is 35.2 Å². The van der Waals surface area contributed by atoms with Crippen molar-refractivity contribution < 1.29 is 35.2 Å². The summed E-state index contributed by atoms with van der Waals surface area (Å²) in [5.74, 6) is -0.703. The van der Waals surface area contributed by atoms with Crippen LogP contribution in [-0.4, -0.2) is 57.4 Å². The summed E-state index contributed by atoms with van der Waals surface area (Å²) in [5.41, 5.74) is -1.33. The number of benzene rings is 1. The van der Waals surface area contributed by atoms with Crippen LogP contribution in [0.3, 0.4) is 0 Å². The van der Waals surface area contributed by atoms with Gasteiger partial charge in [-0.05, 0) is 31.9 Å². The number of amides is 1. The van der Waals surface area contributed by atoms with Crippen molar-refractivity contribution in [3.8, 4) is 0 Å². The van der Waals surface area contributed by atoms with Gasteiger partial charge in [0, 0.05) is 19.1 Å². The molecule has 1 aromatic carbocycles. The van der Waals surface area contributed by atoms with Crippen LogP contribution in [0.5, 0.6) is 0 Å². The van der Waals surface area contributed by atoms with Gasteiger partial charge in [-0.1, -0.05) is 12.1 Å². The summed E-state index contributed by atoms with van der Waals surface area (Å²) in [6.07, 6.45) is -6.50. The highest BCUT2D eigenvalue weighted by Gasteiger charge is 2.37. The summed E-state index contributed by atoms with van der Waals surface area (Å²) in [7, 11) is -4.60. The number of hydrogen-bond donors (Lipinski definition) is 2. The second-order valence-corrected chi connectivity index (χ2v) is 8.49. The number of halogens is 5. The molecule has 0 radical (unpaired) electrons. The fraction of sp³-hybridized carbons (Fsp3) is 0.588. The molecule has 1 amide bonds. The molecule has 29 heavy (non-hydrogen) atoms. The Morgan fingerprint density at radius 3 is 2.34 bits per heavy atom. The minimum Gasteiger partial charge on any atom is -0.352 e. The number of rotatable bonds is 7. The van der Waals surface area contributed by atoms with Crippen molar-refractivity contribution in [3.63, 3.8) is 0 Å². The molecule has 1 saturated heterocycles. The van der Waals surface area contributed by atoms with Crippen molar-refractivity contribution in [3.05, 3.63) is 29.8 Å². The van der Waals surface area contributed by atoms with Crippen molar-refractivity contribution in [2.24, 2.45) is 0 Å². The Morgan fingerprint density at radius 1 is 1.21 bits per heavy atom. The van der Waals surface area contributed by atoms with Crippen molar-refractivity contribution in [1.29, 1.82) is 0 Å². The molecule has 12 heteroatoms. The number of alkyl halides is 5. The van der Waals surface area contributed by atoms with Crippen LogP contribution in [0, 0.1) is 0 Å². The van der Waals surface area contributed by atoms with Gasteiger partial charge in [-0.15, -0.1) is 0 Å². The average molecular weight is 443 g/mol. The van der Waals surface area contributed by atoms with Crippen LogP contribution >= 0.6 is 0 Å². The lowest BCUT2D eigenvalue weighted by Gasteiger charge is -2.32. The zero-order valence-electron chi connectivity index (χ0n) is 15.5. The van der Waals surface area contributed by atoms with Crippen molar-refractivity contribution in [2.45, 2.75) is 49.3 Å². The molecule has 1 aliphatic heterocycles. The minimum atomic E-state index is -4.87. The average Bonchev–Trinajstić information content (AvgIpc) is 2.62. The van der Waals surface area contributed by atoms with E-state index >= 15 is 0 Å². The summed E-state index contributed by atoms with van der Waals surface area (Å²) in [5, 5.41) is 2.61. The van der Waals surface area contributed by atoms with E-state index in [4.69, 9.17) is 0 Å². The van der Waals surface area contributed by atoms with Crippen molar-refractivity contribution in [2.75, 3.05) is 19.6 Å². The van der Waals surface area contributed by atoms with Crippen LogP contribution in [-0.2, 0) is 21.0 Å². The number of nitrogens with zero attached hydrogens (tertiary/aromatic N) is 1. The van der Waals surface area contributed by atoms with Gasteiger partial charge in [0.1, 0.15) is 0 Å². The van der Waals surface area contributed by atoms with E-state index in [2.05, 4.69) is 5.32 Å². The number of hydrogen-bond acceptors (Lipinski definition) is 4. The molecule has 1 heterocycles. The second kappa shape index (κ2) is 9.35. The molecule has 0 saturated carbocycles. The smallest absolute Gasteiger partial charge is 0.352 e. The maximum Gasteiger partial charge on any atom is 0.417 e.